The van der Waals surface area contributed by atoms with Crippen molar-refractivity contribution in [3.05, 3.63) is 30.3 Å². The van der Waals surface area contributed by atoms with Crippen molar-refractivity contribution in [2.75, 3.05) is 25.6 Å². The molecule has 0 unspecified atom stereocenters. The highest BCUT2D eigenvalue weighted by Gasteiger charge is 2.07. The molecule has 2 rings (SSSR count). The van der Waals surface area contributed by atoms with Gasteiger partial charge in [0.25, 0.3) is 0 Å². The number of tetrazole rings is 1. The Morgan fingerprint density at radius 2 is 2.06 bits per heavy atom. The van der Waals surface area contributed by atoms with Crippen LogP contribution in [0.15, 0.2) is 35.5 Å². The molecule has 1 N–H and O–H groups in total. The summed E-state index contributed by atoms with van der Waals surface area (Å²) in [5, 5.41) is 20.9. The Labute approximate surface area is 109 Å². The van der Waals surface area contributed by atoms with Gasteiger partial charge in [0, 0.05) is 5.75 Å². The summed E-state index contributed by atoms with van der Waals surface area (Å²) < 4.78 is 6.87. The first-order valence-electron chi connectivity index (χ1n) is 5.57. The average molecular weight is 266 g/mol. The van der Waals surface area contributed by atoms with Crippen LogP contribution < -0.4 is 0 Å². The minimum absolute atomic E-state index is 0.0480. The normalized spacial score (nSPS) is 10.7. The molecule has 0 amide bonds. The van der Waals surface area contributed by atoms with Crippen molar-refractivity contribution >= 4 is 11.8 Å². The van der Waals surface area contributed by atoms with Gasteiger partial charge in [-0.15, -0.1) is 5.10 Å². The Kier molecular flexibility index (Phi) is 5.13. The third-order valence-corrected chi connectivity index (χ3v) is 3.02. The molecule has 6 nitrogen and oxygen atoms in total. The summed E-state index contributed by atoms with van der Waals surface area (Å²) in [6, 6.07) is 9.72. The number of rotatable bonds is 7. The van der Waals surface area contributed by atoms with Crippen molar-refractivity contribution in [2.24, 2.45) is 0 Å². The number of aliphatic hydroxyl groups is 1. The van der Waals surface area contributed by atoms with Crippen molar-refractivity contribution in [1.29, 1.82) is 0 Å². The molecule has 0 aliphatic heterocycles. The lowest BCUT2D eigenvalue weighted by Gasteiger charge is -2.04. The summed E-state index contributed by atoms with van der Waals surface area (Å²) in [6.07, 6.45) is 0. The monoisotopic (exact) mass is 266 g/mol. The number of benzene rings is 1. The summed E-state index contributed by atoms with van der Waals surface area (Å²) in [7, 11) is 0. The molecule has 1 aromatic heterocycles. The Morgan fingerprint density at radius 3 is 2.83 bits per heavy atom. The number of aliphatic hydroxyl groups excluding tert-OH is 1. The molecule has 7 heteroatoms. The molecule has 1 aromatic carbocycles. The first kappa shape index (κ1) is 13.0. The molecule has 1 heterocycles. The van der Waals surface area contributed by atoms with Gasteiger partial charge in [0.2, 0.25) is 5.16 Å². The molecule has 0 bridgehead atoms. The number of para-hydroxylation sites is 1. The van der Waals surface area contributed by atoms with Gasteiger partial charge in [-0.05, 0) is 22.6 Å². The minimum atomic E-state index is 0.0480. The largest absolute Gasteiger partial charge is 0.394 e. The maximum atomic E-state index is 8.57. The number of hydrogen-bond donors (Lipinski definition) is 1. The van der Waals surface area contributed by atoms with Crippen molar-refractivity contribution in [1.82, 2.24) is 20.2 Å². The molecule has 2 aromatic rings. The van der Waals surface area contributed by atoms with Crippen LogP contribution in [0.2, 0.25) is 0 Å². The van der Waals surface area contributed by atoms with E-state index in [0.29, 0.717) is 13.2 Å². The van der Waals surface area contributed by atoms with Gasteiger partial charge in [-0.1, -0.05) is 30.0 Å². The van der Waals surface area contributed by atoms with Crippen LogP contribution in [0.1, 0.15) is 0 Å². The van der Waals surface area contributed by atoms with E-state index in [4.69, 9.17) is 9.84 Å². The fraction of sp³-hybridized carbons (Fsp3) is 0.364. The van der Waals surface area contributed by atoms with Crippen LogP contribution in [0.5, 0.6) is 0 Å². The standard InChI is InChI=1S/C11H14N4O2S/c16-6-7-17-8-9-18-11-12-13-14-15(11)10-4-2-1-3-5-10/h1-5,16H,6-9H2. The highest BCUT2D eigenvalue weighted by atomic mass is 32.2. The average Bonchev–Trinajstić information content (AvgIpc) is 2.88. The lowest BCUT2D eigenvalue weighted by Crippen LogP contribution is -2.04. The van der Waals surface area contributed by atoms with E-state index in [2.05, 4.69) is 15.5 Å². The number of aromatic nitrogens is 4. The number of ether oxygens (including phenoxy) is 1. The second kappa shape index (κ2) is 7.10. The van der Waals surface area contributed by atoms with E-state index < -0.39 is 0 Å². The van der Waals surface area contributed by atoms with Crippen LogP contribution >= 0.6 is 11.8 Å². The van der Waals surface area contributed by atoms with Crippen LogP contribution in [0.3, 0.4) is 0 Å². The van der Waals surface area contributed by atoms with Gasteiger partial charge in [-0.3, -0.25) is 0 Å². The van der Waals surface area contributed by atoms with Gasteiger partial charge >= 0.3 is 0 Å². The fourth-order valence-electron chi connectivity index (χ4n) is 1.36. The zero-order valence-electron chi connectivity index (χ0n) is 9.77. The van der Waals surface area contributed by atoms with Crippen molar-refractivity contribution in [3.8, 4) is 5.69 Å². The lowest BCUT2D eigenvalue weighted by molar-refractivity contribution is 0.103. The zero-order chi connectivity index (χ0) is 12.6. The first-order chi connectivity index (χ1) is 8.92. The molecular formula is C11H14N4O2S. The Morgan fingerprint density at radius 1 is 1.22 bits per heavy atom. The van der Waals surface area contributed by atoms with E-state index in [0.717, 1.165) is 16.6 Å². The Balaban J connectivity index is 1.92. The zero-order valence-corrected chi connectivity index (χ0v) is 10.6. The molecule has 0 spiro atoms. The highest BCUT2D eigenvalue weighted by molar-refractivity contribution is 7.99. The van der Waals surface area contributed by atoms with Crippen molar-refractivity contribution in [3.63, 3.8) is 0 Å². The Hall–Kier alpha value is -1.44. The summed E-state index contributed by atoms with van der Waals surface area (Å²) in [4.78, 5) is 0. The molecule has 0 atom stereocenters. The maximum absolute atomic E-state index is 8.57. The SMILES string of the molecule is OCCOCCSc1nnnn1-c1ccccc1. The van der Waals surface area contributed by atoms with Gasteiger partial charge in [-0.25, -0.2) is 0 Å². The van der Waals surface area contributed by atoms with E-state index in [-0.39, 0.29) is 6.61 Å². The van der Waals surface area contributed by atoms with Crippen LogP contribution in [0, 0.1) is 0 Å². The smallest absolute Gasteiger partial charge is 0.214 e. The van der Waals surface area contributed by atoms with Gasteiger partial charge in [-0.2, -0.15) is 4.68 Å². The molecular weight excluding hydrogens is 252 g/mol. The van der Waals surface area contributed by atoms with Gasteiger partial charge in [0.1, 0.15) is 0 Å². The minimum Gasteiger partial charge on any atom is -0.394 e. The molecule has 0 saturated heterocycles. The van der Waals surface area contributed by atoms with Crippen LogP contribution in [0.25, 0.3) is 5.69 Å². The second-order valence-corrected chi connectivity index (χ2v) is 4.46. The molecule has 96 valence electrons. The van der Waals surface area contributed by atoms with E-state index in [1.807, 2.05) is 30.3 Å². The number of nitrogens with zero attached hydrogens (tertiary/aromatic N) is 4. The molecule has 18 heavy (non-hydrogen) atoms. The highest BCUT2D eigenvalue weighted by Crippen LogP contribution is 2.17. The topological polar surface area (TPSA) is 73.1 Å². The van der Waals surface area contributed by atoms with Crippen molar-refractivity contribution in [2.45, 2.75) is 5.16 Å². The van der Waals surface area contributed by atoms with Gasteiger partial charge < -0.3 is 9.84 Å². The third-order valence-electron chi connectivity index (χ3n) is 2.14. The summed E-state index contributed by atoms with van der Waals surface area (Å²) >= 11 is 1.52. The van der Waals surface area contributed by atoms with E-state index in [1.165, 1.54) is 11.8 Å². The molecule has 0 aliphatic carbocycles. The fourth-order valence-corrected chi connectivity index (χ4v) is 2.10. The molecule has 0 aliphatic rings. The number of hydrogen-bond acceptors (Lipinski definition) is 6. The van der Waals surface area contributed by atoms with Crippen molar-refractivity contribution < 1.29 is 9.84 Å². The third kappa shape index (κ3) is 3.52. The quantitative estimate of drug-likeness (QED) is 0.589. The summed E-state index contributed by atoms with van der Waals surface area (Å²) in [5.74, 6) is 0.743. The number of thioether (sulfide) groups is 1. The molecule has 0 fully saturated rings. The lowest BCUT2D eigenvalue weighted by atomic mass is 10.3. The summed E-state index contributed by atoms with van der Waals surface area (Å²) in [5.41, 5.74) is 0.932. The molecule has 0 saturated carbocycles. The predicted molar refractivity (Wildman–Crippen MR) is 67.8 cm³/mol. The Bertz CT molecular complexity index is 463. The van der Waals surface area contributed by atoms with Crippen LogP contribution in [-0.4, -0.2) is 50.9 Å². The maximum Gasteiger partial charge on any atom is 0.214 e. The van der Waals surface area contributed by atoms with E-state index in [1.54, 1.807) is 4.68 Å². The summed E-state index contributed by atoms with van der Waals surface area (Å²) in [6.45, 7) is 0.976. The van der Waals surface area contributed by atoms with Crippen LogP contribution in [-0.2, 0) is 4.74 Å². The van der Waals surface area contributed by atoms with E-state index >= 15 is 0 Å². The van der Waals surface area contributed by atoms with E-state index in [9.17, 15) is 0 Å². The predicted octanol–water partition coefficient (Wildman–Crippen LogP) is 0.763. The first-order valence-corrected chi connectivity index (χ1v) is 6.55. The van der Waals surface area contributed by atoms with Crippen LogP contribution in [0.4, 0.5) is 0 Å². The second-order valence-electron chi connectivity index (χ2n) is 3.39. The molecule has 0 radical (unpaired) electrons. The van der Waals surface area contributed by atoms with Gasteiger partial charge in [0.15, 0.2) is 0 Å². The van der Waals surface area contributed by atoms with Gasteiger partial charge in [0.05, 0.1) is 25.5 Å².